The van der Waals surface area contributed by atoms with E-state index in [0.29, 0.717) is 5.56 Å². The Hall–Kier alpha value is -1.70. The molecule has 0 saturated heterocycles. The van der Waals surface area contributed by atoms with Crippen LogP contribution in [0.4, 0.5) is 0 Å². The second kappa shape index (κ2) is 5.52. The molecule has 0 aliphatic heterocycles. The maximum atomic E-state index is 12.0. The third kappa shape index (κ3) is 3.19. The van der Waals surface area contributed by atoms with Crippen LogP contribution in [0.25, 0.3) is 0 Å². The average Bonchev–Trinajstić information content (AvgIpc) is 2.84. The highest BCUT2D eigenvalue weighted by molar-refractivity contribution is 7.89. The highest BCUT2D eigenvalue weighted by Gasteiger charge is 2.16. The Labute approximate surface area is 111 Å². The van der Waals surface area contributed by atoms with Crippen LogP contribution in [0.1, 0.15) is 11.1 Å². The van der Waals surface area contributed by atoms with E-state index in [1.165, 1.54) is 17.1 Å². The van der Waals surface area contributed by atoms with Gasteiger partial charge >= 0.3 is 0 Å². The Kier molecular flexibility index (Phi) is 3.98. The lowest BCUT2D eigenvalue weighted by atomic mass is 10.1. The number of aliphatic hydroxyl groups excluding tert-OH is 1. The molecule has 102 valence electrons. The Morgan fingerprint density at radius 3 is 2.58 bits per heavy atom. The first-order valence-corrected chi connectivity index (χ1v) is 7.17. The Morgan fingerprint density at radius 2 is 2.00 bits per heavy atom. The van der Waals surface area contributed by atoms with E-state index in [-0.39, 0.29) is 18.0 Å². The molecule has 0 spiro atoms. The SMILES string of the molecule is Cn1cc(S(=O)(=O)NCc2ccccc2CO)cn1. The molecule has 2 N–H and O–H groups in total. The molecule has 19 heavy (non-hydrogen) atoms. The van der Waals surface area contributed by atoms with Crippen molar-refractivity contribution >= 4 is 10.0 Å². The first-order chi connectivity index (χ1) is 9.03. The summed E-state index contributed by atoms with van der Waals surface area (Å²) in [6.45, 7) is 0.0127. The summed E-state index contributed by atoms with van der Waals surface area (Å²) in [7, 11) is -1.92. The molecule has 0 radical (unpaired) electrons. The minimum Gasteiger partial charge on any atom is -0.392 e. The molecule has 0 saturated carbocycles. The first kappa shape index (κ1) is 13.7. The minimum atomic E-state index is -3.58. The number of rotatable bonds is 5. The molecule has 6 nitrogen and oxygen atoms in total. The maximum Gasteiger partial charge on any atom is 0.243 e. The quantitative estimate of drug-likeness (QED) is 0.830. The van der Waals surface area contributed by atoms with E-state index >= 15 is 0 Å². The number of aryl methyl sites for hydroxylation is 1. The van der Waals surface area contributed by atoms with E-state index in [1.807, 2.05) is 0 Å². The highest BCUT2D eigenvalue weighted by Crippen LogP contribution is 2.11. The van der Waals surface area contributed by atoms with Gasteiger partial charge in [0.05, 0.1) is 12.8 Å². The Bertz CT molecular complexity index is 664. The molecule has 0 amide bonds. The van der Waals surface area contributed by atoms with Crippen LogP contribution in [0.5, 0.6) is 0 Å². The van der Waals surface area contributed by atoms with Gasteiger partial charge < -0.3 is 5.11 Å². The summed E-state index contributed by atoms with van der Waals surface area (Å²) in [6, 6.07) is 7.13. The van der Waals surface area contributed by atoms with Crippen molar-refractivity contribution in [1.29, 1.82) is 0 Å². The zero-order valence-electron chi connectivity index (χ0n) is 10.4. The average molecular weight is 281 g/mol. The van der Waals surface area contributed by atoms with E-state index in [1.54, 1.807) is 31.3 Å². The molecule has 0 fully saturated rings. The molecule has 7 heteroatoms. The molecule has 0 unspecified atom stereocenters. The van der Waals surface area contributed by atoms with Crippen molar-refractivity contribution in [3.8, 4) is 0 Å². The fourth-order valence-corrected chi connectivity index (χ4v) is 2.67. The summed E-state index contributed by atoms with van der Waals surface area (Å²) < 4.78 is 27.9. The van der Waals surface area contributed by atoms with Crippen LogP contribution in [0, 0.1) is 0 Å². The topological polar surface area (TPSA) is 84.2 Å². The number of nitrogens with zero attached hydrogens (tertiary/aromatic N) is 2. The summed E-state index contributed by atoms with van der Waals surface area (Å²) in [5.74, 6) is 0. The lowest BCUT2D eigenvalue weighted by molar-refractivity contribution is 0.280. The van der Waals surface area contributed by atoms with Crippen molar-refractivity contribution in [3.05, 3.63) is 47.8 Å². The number of sulfonamides is 1. The number of aromatic nitrogens is 2. The largest absolute Gasteiger partial charge is 0.392 e. The fourth-order valence-electron chi connectivity index (χ4n) is 1.68. The van der Waals surface area contributed by atoms with Crippen LogP contribution in [0.2, 0.25) is 0 Å². The van der Waals surface area contributed by atoms with Gasteiger partial charge in [-0.2, -0.15) is 5.10 Å². The number of benzene rings is 1. The summed E-state index contributed by atoms with van der Waals surface area (Å²) in [4.78, 5) is 0.122. The van der Waals surface area contributed by atoms with E-state index in [4.69, 9.17) is 0 Å². The second-order valence-corrected chi connectivity index (χ2v) is 5.87. The molecule has 0 atom stereocenters. The Morgan fingerprint density at radius 1 is 1.32 bits per heavy atom. The fraction of sp³-hybridized carbons (Fsp3) is 0.250. The lowest BCUT2D eigenvalue weighted by Gasteiger charge is -2.08. The smallest absolute Gasteiger partial charge is 0.243 e. The first-order valence-electron chi connectivity index (χ1n) is 5.69. The predicted octanol–water partition coefficient (Wildman–Crippen LogP) is 0.391. The number of hydrogen-bond acceptors (Lipinski definition) is 4. The van der Waals surface area contributed by atoms with Crippen LogP contribution in [-0.2, 0) is 30.2 Å². The van der Waals surface area contributed by atoms with Gasteiger partial charge in [-0.05, 0) is 11.1 Å². The highest BCUT2D eigenvalue weighted by atomic mass is 32.2. The van der Waals surface area contributed by atoms with Gasteiger partial charge in [-0.3, -0.25) is 4.68 Å². The minimum absolute atomic E-state index is 0.120. The molecule has 1 aromatic carbocycles. The van der Waals surface area contributed by atoms with Gasteiger partial charge in [-0.15, -0.1) is 0 Å². The third-order valence-corrected chi connectivity index (χ3v) is 4.09. The van der Waals surface area contributed by atoms with Gasteiger partial charge in [0.1, 0.15) is 4.90 Å². The van der Waals surface area contributed by atoms with Gasteiger partial charge in [-0.1, -0.05) is 24.3 Å². The molecule has 0 aliphatic carbocycles. The summed E-state index contributed by atoms with van der Waals surface area (Å²) in [6.07, 6.45) is 2.72. The van der Waals surface area contributed by atoms with Gasteiger partial charge in [0.15, 0.2) is 0 Å². The van der Waals surface area contributed by atoms with E-state index < -0.39 is 10.0 Å². The van der Waals surface area contributed by atoms with Crippen LogP contribution >= 0.6 is 0 Å². The van der Waals surface area contributed by atoms with Gasteiger partial charge in [0.25, 0.3) is 0 Å². The summed E-state index contributed by atoms with van der Waals surface area (Å²) >= 11 is 0. The van der Waals surface area contributed by atoms with E-state index in [0.717, 1.165) is 5.56 Å². The van der Waals surface area contributed by atoms with Crippen molar-refractivity contribution in [2.24, 2.45) is 7.05 Å². The number of aliphatic hydroxyl groups is 1. The summed E-state index contributed by atoms with van der Waals surface area (Å²) in [5.41, 5.74) is 1.45. The normalized spacial score (nSPS) is 11.7. The molecular weight excluding hydrogens is 266 g/mol. The molecule has 0 aliphatic rings. The van der Waals surface area contributed by atoms with Crippen LogP contribution in [-0.4, -0.2) is 23.3 Å². The summed E-state index contributed by atoms with van der Waals surface area (Å²) in [5, 5.41) is 13.0. The lowest BCUT2D eigenvalue weighted by Crippen LogP contribution is -2.23. The molecular formula is C12H15N3O3S. The van der Waals surface area contributed by atoms with Crippen molar-refractivity contribution in [2.45, 2.75) is 18.0 Å². The standard InChI is InChI=1S/C12H15N3O3S/c1-15-8-12(7-13-15)19(17,18)14-6-10-4-2-3-5-11(10)9-16/h2-5,7-8,14,16H,6,9H2,1H3. The van der Waals surface area contributed by atoms with Crippen LogP contribution in [0.3, 0.4) is 0 Å². The van der Waals surface area contributed by atoms with Crippen molar-refractivity contribution < 1.29 is 13.5 Å². The van der Waals surface area contributed by atoms with Crippen molar-refractivity contribution in [2.75, 3.05) is 0 Å². The molecule has 1 heterocycles. The zero-order chi connectivity index (χ0) is 13.9. The monoisotopic (exact) mass is 281 g/mol. The van der Waals surface area contributed by atoms with Gasteiger partial charge in [-0.25, -0.2) is 13.1 Å². The van der Waals surface area contributed by atoms with E-state index in [2.05, 4.69) is 9.82 Å². The molecule has 2 aromatic rings. The van der Waals surface area contributed by atoms with E-state index in [9.17, 15) is 13.5 Å². The predicted molar refractivity (Wildman–Crippen MR) is 69.6 cm³/mol. The molecule has 0 bridgehead atoms. The second-order valence-electron chi connectivity index (χ2n) is 4.10. The molecule has 2 rings (SSSR count). The number of hydrogen-bond donors (Lipinski definition) is 2. The van der Waals surface area contributed by atoms with Gasteiger partial charge in [0.2, 0.25) is 10.0 Å². The zero-order valence-corrected chi connectivity index (χ0v) is 11.3. The maximum absolute atomic E-state index is 12.0. The van der Waals surface area contributed by atoms with Crippen molar-refractivity contribution in [1.82, 2.24) is 14.5 Å². The number of nitrogens with one attached hydrogen (secondary N) is 1. The third-order valence-electron chi connectivity index (χ3n) is 2.73. The Balaban J connectivity index is 2.14. The van der Waals surface area contributed by atoms with Crippen LogP contribution in [0.15, 0.2) is 41.6 Å². The molecule has 1 aromatic heterocycles. The van der Waals surface area contributed by atoms with Gasteiger partial charge in [0, 0.05) is 19.8 Å². The van der Waals surface area contributed by atoms with Crippen LogP contribution < -0.4 is 4.72 Å². The van der Waals surface area contributed by atoms with Crippen molar-refractivity contribution in [3.63, 3.8) is 0 Å².